The van der Waals surface area contributed by atoms with Crippen LogP contribution in [0.2, 0.25) is 0 Å². The average molecular weight is 493 g/mol. The van der Waals surface area contributed by atoms with Crippen LogP contribution in [-0.2, 0) is 9.47 Å². The second kappa shape index (κ2) is 12.0. The molecular formula is C28H32N2O6. The monoisotopic (exact) mass is 492 g/mol. The predicted molar refractivity (Wildman–Crippen MR) is 136 cm³/mol. The molecule has 0 aromatic heterocycles. The first-order chi connectivity index (χ1) is 16.7. The van der Waals surface area contributed by atoms with Crippen molar-refractivity contribution in [1.29, 1.82) is 0 Å². The van der Waals surface area contributed by atoms with E-state index in [-0.39, 0.29) is 24.7 Å². The second-order valence-electron chi connectivity index (χ2n) is 9.96. The molecule has 2 aromatic carbocycles. The molecular weight excluding hydrogens is 460 g/mol. The molecule has 2 rings (SSSR count). The maximum atomic E-state index is 12.3. The Morgan fingerprint density at radius 1 is 0.611 bits per heavy atom. The van der Waals surface area contributed by atoms with Gasteiger partial charge in [0.15, 0.2) is 11.6 Å². The van der Waals surface area contributed by atoms with Crippen molar-refractivity contribution < 1.29 is 28.7 Å². The lowest BCUT2D eigenvalue weighted by molar-refractivity contribution is 0.0512. The Kier molecular flexibility index (Phi) is 9.39. The summed E-state index contributed by atoms with van der Waals surface area (Å²) >= 11 is 0. The van der Waals surface area contributed by atoms with E-state index in [9.17, 15) is 19.2 Å². The molecule has 0 aliphatic carbocycles. The van der Waals surface area contributed by atoms with Crippen LogP contribution in [0.25, 0.3) is 0 Å². The number of amides is 2. The van der Waals surface area contributed by atoms with Gasteiger partial charge in [-0.3, -0.25) is 9.59 Å². The summed E-state index contributed by atoms with van der Waals surface area (Å²) < 4.78 is 10.2. The Morgan fingerprint density at radius 3 is 1.19 bits per heavy atom. The lowest BCUT2D eigenvalue weighted by Crippen LogP contribution is -2.35. The summed E-state index contributed by atoms with van der Waals surface area (Å²) in [5, 5.41) is 4.89. The maximum Gasteiger partial charge on any atom is 0.408 e. The van der Waals surface area contributed by atoms with Gasteiger partial charge in [-0.15, -0.1) is 0 Å². The quantitative estimate of drug-likeness (QED) is 0.454. The van der Waals surface area contributed by atoms with Gasteiger partial charge in [0.1, 0.15) is 11.2 Å². The molecule has 0 aliphatic heterocycles. The minimum Gasteiger partial charge on any atom is -0.444 e. The number of rotatable bonds is 6. The van der Waals surface area contributed by atoms with Gasteiger partial charge < -0.3 is 20.1 Å². The van der Waals surface area contributed by atoms with Crippen molar-refractivity contribution in [3.8, 4) is 11.8 Å². The first-order valence-electron chi connectivity index (χ1n) is 11.4. The average Bonchev–Trinajstić information content (AvgIpc) is 2.78. The number of hydrogen-bond donors (Lipinski definition) is 2. The molecule has 0 fully saturated rings. The van der Waals surface area contributed by atoms with Gasteiger partial charge in [-0.05, 0) is 65.8 Å². The van der Waals surface area contributed by atoms with Crippen LogP contribution >= 0.6 is 0 Å². The largest absolute Gasteiger partial charge is 0.444 e. The molecule has 0 radical (unpaired) electrons. The molecule has 36 heavy (non-hydrogen) atoms. The van der Waals surface area contributed by atoms with Gasteiger partial charge >= 0.3 is 12.2 Å². The SMILES string of the molecule is CC(C)(C)OC(=O)NCC(=O)c1ccc(C#Cc2ccc(C(=O)CNC(=O)OC(C)(C)C)cc2)cc1. The van der Waals surface area contributed by atoms with Crippen molar-refractivity contribution in [2.75, 3.05) is 13.1 Å². The van der Waals surface area contributed by atoms with Crippen molar-refractivity contribution >= 4 is 23.8 Å². The van der Waals surface area contributed by atoms with E-state index in [0.29, 0.717) is 22.3 Å². The van der Waals surface area contributed by atoms with Crippen LogP contribution in [0.4, 0.5) is 9.59 Å². The van der Waals surface area contributed by atoms with Gasteiger partial charge in [-0.25, -0.2) is 9.59 Å². The lowest BCUT2D eigenvalue weighted by Gasteiger charge is -2.19. The molecule has 8 heteroatoms. The molecule has 2 aromatic rings. The first kappa shape index (κ1) is 28.1. The summed E-state index contributed by atoms with van der Waals surface area (Å²) in [4.78, 5) is 47.9. The summed E-state index contributed by atoms with van der Waals surface area (Å²) in [7, 11) is 0. The molecule has 0 aliphatic rings. The number of ether oxygens (including phenoxy) is 2. The third-order valence-electron chi connectivity index (χ3n) is 4.35. The Bertz CT molecular complexity index is 1070. The highest BCUT2D eigenvalue weighted by Crippen LogP contribution is 2.09. The van der Waals surface area contributed by atoms with E-state index in [1.54, 1.807) is 90.1 Å². The molecule has 0 heterocycles. The van der Waals surface area contributed by atoms with Crippen molar-refractivity contribution in [2.45, 2.75) is 52.7 Å². The fraction of sp³-hybridized carbons (Fsp3) is 0.357. The Hall–Kier alpha value is -4.12. The topological polar surface area (TPSA) is 111 Å². The summed E-state index contributed by atoms with van der Waals surface area (Å²) in [6.45, 7) is 10.1. The van der Waals surface area contributed by atoms with Gasteiger partial charge in [0.2, 0.25) is 0 Å². The summed E-state index contributed by atoms with van der Waals surface area (Å²) in [6.07, 6.45) is -1.30. The number of ketones is 2. The highest BCUT2D eigenvalue weighted by molar-refractivity contribution is 5.99. The van der Waals surface area contributed by atoms with Gasteiger partial charge in [-0.1, -0.05) is 36.1 Å². The molecule has 8 nitrogen and oxygen atoms in total. The van der Waals surface area contributed by atoms with Crippen LogP contribution < -0.4 is 10.6 Å². The van der Waals surface area contributed by atoms with Crippen molar-refractivity contribution in [3.05, 3.63) is 70.8 Å². The molecule has 0 bridgehead atoms. The number of nitrogens with one attached hydrogen (secondary N) is 2. The summed E-state index contributed by atoms with van der Waals surface area (Å²) in [5.41, 5.74) is 1.02. The van der Waals surface area contributed by atoms with E-state index < -0.39 is 23.4 Å². The van der Waals surface area contributed by atoms with Crippen LogP contribution in [0.3, 0.4) is 0 Å². The minimum absolute atomic E-state index is 0.168. The van der Waals surface area contributed by atoms with Crippen molar-refractivity contribution in [1.82, 2.24) is 10.6 Å². The van der Waals surface area contributed by atoms with Gasteiger partial charge in [0.05, 0.1) is 13.1 Å². The van der Waals surface area contributed by atoms with Crippen LogP contribution in [-0.4, -0.2) is 48.0 Å². The summed E-state index contributed by atoms with van der Waals surface area (Å²) in [5.74, 6) is 5.51. The van der Waals surface area contributed by atoms with E-state index in [4.69, 9.17) is 9.47 Å². The zero-order valence-electron chi connectivity index (χ0n) is 21.5. The van der Waals surface area contributed by atoms with Crippen LogP contribution in [0, 0.1) is 11.8 Å². The van der Waals surface area contributed by atoms with Gasteiger partial charge in [-0.2, -0.15) is 0 Å². The van der Waals surface area contributed by atoms with Gasteiger partial charge in [0, 0.05) is 22.3 Å². The Balaban J connectivity index is 1.89. The van der Waals surface area contributed by atoms with E-state index in [2.05, 4.69) is 22.5 Å². The van der Waals surface area contributed by atoms with E-state index in [1.165, 1.54) is 0 Å². The molecule has 0 atom stereocenters. The molecule has 0 saturated heterocycles. The van der Waals surface area contributed by atoms with Crippen LogP contribution in [0.5, 0.6) is 0 Å². The number of hydrogen-bond acceptors (Lipinski definition) is 6. The number of carbonyl (C=O) groups excluding carboxylic acids is 4. The van der Waals surface area contributed by atoms with Gasteiger partial charge in [0.25, 0.3) is 0 Å². The highest BCUT2D eigenvalue weighted by Gasteiger charge is 2.18. The van der Waals surface area contributed by atoms with E-state index in [0.717, 1.165) is 0 Å². The zero-order chi connectivity index (χ0) is 26.9. The second-order valence-corrected chi connectivity index (χ2v) is 9.96. The summed E-state index contributed by atoms with van der Waals surface area (Å²) in [6, 6.07) is 13.4. The van der Waals surface area contributed by atoms with Crippen molar-refractivity contribution in [2.24, 2.45) is 0 Å². The molecule has 0 saturated carbocycles. The van der Waals surface area contributed by atoms with Crippen molar-refractivity contribution in [3.63, 3.8) is 0 Å². The smallest absolute Gasteiger partial charge is 0.408 e. The number of carbonyl (C=O) groups is 4. The third-order valence-corrected chi connectivity index (χ3v) is 4.35. The number of benzene rings is 2. The fourth-order valence-electron chi connectivity index (χ4n) is 2.76. The number of alkyl carbamates (subject to hydrolysis) is 2. The molecule has 2 N–H and O–H groups in total. The minimum atomic E-state index is -0.648. The van der Waals surface area contributed by atoms with E-state index in [1.807, 2.05) is 0 Å². The Morgan fingerprint density at radius 2 is 0.917 bits per heavy atom. The molecule has 0 spiro atoms. The molecule has 0 unspecified atom stereocenters. The maximum absolute atomic E-state index is 12.3. The molecule has 190 valence electrons. The third kappa shape index (κ3) is 10.4. The fourth-order valence-corrected chi connectivity index (χ4v) is 2.76. The number of Topliss-reactive ketones (excluding diaryl/α,β-unsaturated/α-hetero) is 2. The van der Waals surface area contributed by atoms with Crippen LogP contribution in [0.15, 0.2) is 48.5 Å². The van der Waals surface area contributed by atoms with Crippen LogP contribution in [0.1, 0.15) is 73.4 Å². The lowest BCUT2D eigenvalue weighted by atomic mass is 10.1. The predicted octanol–water partition coefficient (Wildman–Crippen LogP) is 4.50. The normalized spacial score (nSPS) is 10.9. The highest BCUT2D eigenvalue weighted by atomic mass is 16.6. The first-order valence-corrected chi connectivity index (χ1v) is 11.4. The zero-order valence-corrected chi connectivity index (χ0v) is 21.5. The molecule has 2 amide bonds. The Labute approximate surface area is 211 Å². The standard InChI is InChI=1S/C28H32N2O6/c1-27(2,3)35-25(33)29-17-23(31)21-13-9-19(10-14-21)7-8-20-11-15-22(16-12-20)24(32)18-30-26(34)36-28(4,5)6/h9-16H,17-18H2,1-6H3,(H,29,33)(H,30,34). The van der Waals surface area contributed by atoms with E-state index >= 15 is 0 Å².